The fourth-order valence-corrected chi connectivity index (χ4v) is 1.63. The monoisotopic (exact) mass is 294 g/mol. The minimum Gasteiger partial charge on any atom is -0.444 e. The molecule has 0 fully saturated rings. The molecule has 1 rings (SSSR count). The minimum absolute atomic E-state index is 0.394. The number of benzene rings is 1. The van der Waals surface area contributed by atoms with Crippen molar-refractivity contribution in [1.29, 1.82) is 0 Å². The lowest BCUT2D eigenvalue weighted by atomic mass is 10.1. The van der Waals surface area contributed by atoms with Crippen LogP contribution < -0.4 is 5.32 Å². The molecule has 1 aromatic carbocycles. The molecule has 0 aliphatic carbocycles. The van der Waals surface area contributed by atoms with E-state index in [4.69, 9.17) is 9.57 Å². The van der Waals surface area contributed by atoms with Gasteiger partial charge in [-0.15, -0.1) is 0 Å². The SMILES string of the molecule is CON(C)C(=O)[C@@H](NC(=O)OC(C)(C)C)c1ccccc1. The summed E-state index contributed by atoms with van der Waals surface area (Å²) in [4.78, 5) is 29.1. The standard InChI is InChI=1S/C15H22N2O4/c1-15(2,3)21-14(19)16-12(13(18)17(4)20-5)11-9-7-6-8-10-11/h6-10,12H,1-5H3,(H,16,19)/t12-/m0/s1. The van der Waals surface area contributed by atoms with Crippen molar-refractivity contribution in [1.82, 2.24) is 10.4 Å². The quantitative estimate of drug-likeness (QED) is 0.865. The van der Waals surface area contributed by atoms with E-state index in [0.29, 0.717) is 5.56 Å². The van der Waals surface area contributed by atoms with Gasteiger partial charge in [-0.25, -0.2) is 9.86 Å². The van der Waals surface area contributed by atoms with Gasteiger partial charge >= 0.3 is 6.09 Å². The molecule has 1 atom stereocenters. The average molecular weight is 294 g/mol. The maximum Gasteiger partial charge on any atom is 0.408 e. The van der Waals surface area contributed by atoms with Crippen LogP contribution in [-0.4, -0.2) is 36.8 Å². The second-order valence-electron chi connectivity index (χ2n) is 5.51. The van der Waals surface area contributed by atoms with Crippen LogP contribution in [0.5, 0.6) is 0 Å². The van der Waals surface area contributed by atoms with Gasteiger partial charge in [-0.05, 0) is 26.3 Å². The second-order valence-corrected chi connectivity index (χ2v) is 5.51. The summed E-state index contributed by atoms with van der Waals surface area (Å²) in [5.41, 5.74) is 0.0129. The third kappa shape index (κ3) is 5.43. The molecule has 0 unspecified atom stereocenters. The lowest BCUT2D eigenvalue weighted by molar-refractivity contribution is -0.171. The summed E-state index contributed by atoms with van der Waals surface area (Å²) in [7, 11) is 2.86. The fraction of sp³-hybridized carbons (Fsp3) is 0.467. The molecule has 0 saturated carbocycles. The number of alkyl carbamates (subject to hydrolysis) is 1. The molecular formula is C15H22N2O4. The minimum atomic E-state index is -0.869. The molecule has 21 heavy (non-hydrogen) atoms. The van der Waals surface area contributed by atoms with Crippen LogP contribution in [0.4, 0.5) is 4.79 Å². The lowest BCUT2D eigenvalue weighted by Gasteiger charge is -2.25. The van der Waals surface area contributed by atoms with E-state index in [0.717, 1.165) is 5.06 Å². The molecule has 116 valence electrons. The van der Waals surface area contributed by atoms with E-state index >= 15 is 0 Å². The van der Waals surface area contributed by atoms with E-state index in [1.807, 2.05) is 6.07 Å². The van der Waals surface area contributed by atoms with Gasteiger partial charge in [0.1, 0.15) is 11.6 Å². The Morgan fingerprint density at radius 1 is 1.19 bits per heavy atom. The van der Waals surface area contributed by atoms with Crippen molar-refractivity contribution >= 4 is 12.0 Å². The van der Waals surface area contributed by atoms with Gasteiger partial charge in [-0.1, -0.05) is 30.3 Å². The van der Waals surface area contributed by atoms with E-state index in [1.54, 1.807) is 45.0 Å². The lowest BCUT2D eigenvalue weighted by Crippen LogP contribution is -2.42. The molecule has 1 N–H and O–H groups in total. The number of likely N-dealkylation sites (N-methyl/N-ethyl adjacent to an activating group) is 1. The van der Waals surface area contributed by atoms with Crippen molar-refractivity contribution < 1.29 is 19.2 Å². The number of amides is 2. The summed E-state index contributed by atoms with van der Waals surface area (Å²) >= 11 is 0. The number of rotatable bonds is 4. The van der Waals surface area contributed by atoms with E-state index in [1.165, 1.54) is 14.2 Å². The summed E-state index contributed by atoms with van der Waals surface area (Å²) < 4.78 is 5.19. The van der Waals surface area contributed by atoms with Crippen LogP contribution in [0.15, 0.2) is 30.3 Å². The van der Waals surface area contributed by atoms with Crippen molar-refractivity contribution in [2.24, 2.45) is 0 Å². The Hall–Kier alpha value is -2.08. The van der Waals surface area contributed by atoms with Crippen molar-refractivity contribution in [2.45, 2.75) is 32.4 Å². The molecule has 0 bridgehead atoms. The van der Waals surface area contributed by atoms with Crippen LogP contribution in [0.25, 0.3) is 0 Å². The number of ether oxygens (including phenoxy) is 1. The number of hydroxylamine groups is 2. The van der Waals surface area contributed by atoms with Gasteiger partial charge in [0.15, 0.2) is 0 Å². The summed E-state index contributed by atoms with van der Waals surface area (Å²) in [5, 5.41) is 3.64. The van der Waals surface area contributed by atoms with Crippen LogP contribution in [0.3, 0.4) is 0 Å². The highest BCUT2D eigenvalue weighted by molar-refractivity contribution is 5.86. The highest BCUT2D eigenvalue weighted by Gasteiger charge is 2.28. The third-order valence-electron chi connectivity index (χ3n) is 2.63. The Bertz CT molecular complexity index is 482. The molecule has 0 heterocycles. The summed E-state index contributed by atoms with van der Waals surface area (Å²) in [6.07, 6.45) is -0.658. The van der Waals surface area contributed by atoms with E-state index < -0.39 is 23.6 Å². The second kappa shape index (κ2) is 7.08. The Balaban J connectivity index is 2.93. The first kappa shape index (κ1) is 17.0. The zero-order chi connectivity index (χ0) is 16.0. The van der Waals surface area contributed by atoms with Gasteiger partial charge < -0.3 is 10.1 Å². The van der Waals surface area contributed by atoms with Gasteiger partial charge in [0.05, 0.1) is 7.11 Å². The van der Waals surface area contributed by atoms with Crippen molar-refractivity contribution in [3.05, 3.63) is 35.9 Å². The normalized spacial score (nSPS) is 12.4. The number of nitrogens with one attached hydrogen (secondary N) is 1. The van der Waals surface area contributed by atoms with E-state index in [2.05, 4.69) is 5.32 Å². The zero-order valence-electron chi connectivity index (χ0n) is 13.0. The molecule has 0 radical (unpaired) electrons. The van der Waals surface area contributed by atoms with Gasteiger partial charge in [0.25, 0.3) is 5.91 Å². The Morgan fingerprint density at radius 3 is 2.24 bits per heavy atom. The number of carbonyl (C=O) groups is 2. The molecule has 0 aliphatic rings. The smallest absolute Gasteiger partial charge is 0.408 e. The summed E-state index contributed by atoms with van der Waals surface area (Å²) in [6.45, 7) is 5.27. The van der Waals surface area contributed by atoms with Gasteiger partial charge in [0.2, 0.25) is 0 Å². The van der Waals surface area contributed by atoms with Gasteiger partial charge in [-0.2, -0.15) is 0 Å². The highest BCUT2D eigenvalue weighted by Crippen LogP contribution is 2.17. The van der Waals surface area contributed by atoms with Crippen LogP contribution in [0, 0.1) is 0 Å². The number of hydrogen-bond acceptors (Lipinski definition) is 4. The zero-order valence-corrected chi connectivity index (χ0v) is 13.0. The first-order valence-corrected chi connectivity index (χ1v) is 6.60. The molecule has 2 amide bonds. The third-order valence-corrected chi connectivity index (χ3v) is 2.63. The number of nitrogens with zero attached hydrogens (tertiary/aromatic N) is 1. The maximum atomic E-state index is 12.3. The fourth-order valence-electron chi connectivity index (χ4n) is 1.63. The topological polar surface area (TPSA) is 67.9 Å². The molecule has 0 aromatic heterocycles. The first-order valence-electron chi connectivity index (χ1n) is 6.60. The molecule has 0 saturated heterocycles. The molecule has 6 nitrogen and oxygen atoms in total. The maximum absolute atomic E-state index is 12.3. The summed E-state index contributed by atoms with van der Waals surface area (Å²) in [6, 6.07) is 8.05. The number of carbonyl (C=O) groups excluding carboxylic acids is 2. The molecule has 0 spiro atoms. The van der Waals surface area contributed by atoms with Crippen LogP contribution in [0.1, 0.15) is 32.4 Å². The average Bonchev–Trinajstić information content (AvgIpc) is 2.42. The van der Waals surface area contributed by atoms with Crippen molar-refractivity contribution in [3.63, 3.8) is 0 Å². The van der Waals surface area contributed by atoms with Crippen molar-refractivity contribution in [2.75, 3.05) is 14.2 Å². The summed E-state index contributed by atoms with van der Waals surface area (Å²) in [5.74, 6) is -0.394. The highest BCUT2D eigenvalue weighted by atomic mass is 16.7. The predicted molar refractivity (Wildman–Crippen MR) is 78.3 cm³/mol. The Labute approximate surface area is 125 Å². The van der Waals surface area contributed by atoms with Crippen LogP contribution >= 0.6 is 0 Å². The number of hydrogen-bond donors (Lipinski definition) is 1. The van der Waals surface area contributed by atoms with Crippen LogP contribution in [-0.2, 0) is 14.4 Å². The Kier molecular flexibility index (Phi) is 5.72. The molecule has 1 aromatic rings. The first-order chi connectivity index (χ1) is 9.74. The van der Waals surface area contributed by atoms with E-state index in [-0.39, 0.29) is 0 Å². The molecule has 0 aliphatic heterocycles. The van der Waals surface area contributed by atoms with Gasteiger partial charge in [-0.3, -0.25) is 9.63 Å². The Morgan fingerprint density at radius 2 is 1.76 bits per heavy atom. The molecule has 6 heteroatoms. The predicted octanol–water partition coefficient (Wildman–Crippen LogP) is 2.27. The molecular weight excluding hydrogens is 272 g/mol. The van der Waals surface area contributed by atoms with E-state index in [9.17, 15) is 9.59 Å². The van der Waals surface area contributed by atoms with Gasteiger partial charge in [0, 0.05) is 7.05 Å². The van der Waals surface area contributed by atoms with Crippen molar-refractivity contribution in [3.8, 4) is 0 Å². The van der Waals surface area contributed by atoms with Crippen LogP contribution in [0.2, 0.25) is 0 Å². The largest absolute Gasteiger partial charge is 0.444 e.